The molecular weight excluding hydrogens is 264 g/mol. The molecule has 1 amide bonds. The van der Waals surface area contributed by atoms with Gasteiger partial charge in [0.1, 0.15) is 11.3 Å². The fourth-order valence-electron chi connectivity index (χ4n) is 1.55. The summed E-state index contributed by atoms with van der Waals surface area (Å²) in [7, 11) is 0. The van der Waals surface area contributed by atoms with Crippen LogP contribution >= 0.6 is 0 Å². The number of carbonyl (C=O) groups is 2. The normalized spacial score (nSPS) is 10.0. The Balaban J connectivity index is 2.20. The second kappa shape index (κ2) is 5.27. The number of rotatable bonds is 3. The number of nitrogens with one attached hydrogen (secondary N) is 2. The lowest BCUT2D eigenvalue weighted by Crippen LogP contribution is -2.14. The van der Waals surface area contributed by atoms with Crippen LogP contribution < -0.4 is 10.9 Å². The molecule has 20 heavy (non-hydrogen) atoms. The Morgan fingerprint density at radius 1 is 1.15 bits per heavy atom. The van der Waals surface area contributed by atoms with Gasteiger partial charge in [-0.25, -0.2) is 4.79 Å². The molecule has 0 fully saturated rings. The molecule has 0 aliphatic carbocycles. The number of carboxylic acids is 1. The van der Waals surface area contributed by atoms with Crippen molar-refractivity contribution in [2.24, 2.45) is 0 Å². The monoisotopic (exact) mass is 274 g/mol. The minimum Gasteiger partial charge on any atom is -0.507 e. The predicted octanol–water partition coefficient (Wildman–Crippen LogP) is 1.03. The van der Waals surface area contributed by atoms with Crippen LogP contribution in [0.5, 0.6) is 5.75 Å². The molecular formula is C13H10N2O5. The molecule has 0 atom stereocenters. The molecule has 7 heteroatoms. The summed E-state index contributed by atoms with van der Waals surface area (Å²) >= 11 is 0. The summed E-state index contributed by atoms with van der Waals surface area (Å²) in [5.41, 5.74) is -0.118. The van der Waals surface area contributed by atoms with Gasteiger partial charge in [0.25, 0.3) is 5.91 Å². The maximum atomic E-state index is 11.8. The average Bonchev–Trinajstić information content (AvgIpc) is 2.39. The van der Waals surface area contributed by atoms with E-state index in [0.717, 1.165) is 6.07 Å². The molecule has 0 saturated carbocycles. The van der Waals surface area contributed by atoms with Crippen molar-refractivity contribution in [3.8, 4) is 5.75 Å². The molecule has 0 radical (unpaired) electrons. The maximum Gasteiger partial charge on any atom is 0.339 e. The van der Waals surface area contributed by atoms with Crippen molar-refractivity contribution >= 4 is 17.6 Å². The van der Waals surface area contributed by atoms with Crippen molar-refractivity contribution in [2.45, 2.75) is 0 Å². The van der Waals surface area contributed by atoms with E-state index in [2.05, 4.69) is 10.3 Å². The van der Waals surface area contributed by atoms with Crippen molar-refractivity contribution in [1.29, 1.82) is 0 Å². The number of hydrogen-bond acceptors (Lipinski definition) is 4. The molecule has 1 heterocycles. The third kappa shape index (κ3) is 2.83. The van der Waals surface area contributed by atoms with Gasteiger partial charge in [0.2, 0.25) is 5.56 Å². The Labute approximate surface area is 112 Å². The molecule has 1 aromatic carbocycles. The first-order valence-corrected chi connectivity index (χ1v) is 5.54. The van der Waals surface area contributed by atoms with Gasteiger partial charge in [0.15, 0.2) is 0 Å². The molecule has 2 aromatic rings. The first kappa shape index (κ1) is 13.3. The third-order valence-corrected chi connectivity index (χ3v) is 2.53. The van der Waals surface area contributed by atoms with Gasteiger partial charge in [-0.15, -0.1) is 0 Å². The predicted molar refractivity (Wildman–Crippen MR) is 70.1 cm³/mol. The Hall–Kier alpha value is -3.09. The average molecular weight is 274 g/mol. The topological polar surface area (TPSA) is 119 Å². The number of aromatic amines is 1. The number of anilines is 1. The van der Waals surface area contributed by atoms with Gasteiger partial charge in [0, 0.05) is 24.0 Å². The molecule has 7 nitrogen and oxygen atoms in total. The van der Waals surface area contributed by atoms with Gasteiger partial charge in [-0.2, -0.15) is 0 Å². The highest BCUT2D eigenvalue weighted by Gasteiger charge is 2.11. The van der Waals surface area contributed by atoms with Crippen molar-refractivity contribution in [3.63, 3.8) is 0 Å². The molecule has 102 valence electrons. The molecule has 0 spiro atoms. The van der Waals surface area contributed by atoms with Gasteiger partial charge >= 0.3 is 5.97 Å². The number of carbonyl (C=O) groups excluding carboxylic acids is 1. The number of pyridine rings is 1. The van der Waals surface area contributed by atoms with Crippen LogP contribution in [0.25, 0.3) is 0 Å². The van der Waals surface area contributed by atoms with Crippen LogP contribution in [0.3, 0.4) is 0 Å². The Morgan fingerprint density at radius 2 is 1.90 bits per heavy atom. The van der Waals surface area contributed by atoms with E-state index in [0.29, 0.717) is 0 Å². The minimum absolute atomic E-state index is 0.228. The summed E-state index contributed by atoms with van der Waals surface area (Å²) in [6.07, 6.45) is 1.25. The highest BCUT2D eigenvalue weighted by Crippen LogP contribution is 2.22. The molecule has 0 aliphatic heterocycles. The lowest BCUT2D eigenvalue weighted by molar-refractivity contribution is 0.0693. The van der Waals surface area contributed by atoms with Crippen LogP contribution in [-0.4, -0.2) is 27.1 Å². The zero-order valence-electron chi connectivity index (χ0n) is 10.1. The number of H-pyrrole nitrogens is 1. The first-order chi connectivity index (χ1) is 9.47. The molecule has 0 aliphatic rings. The molecule has 0 saturated heterocycles. The quantitative estimate of drug-likeness (QED) is 0.666. The van der Waals surface area contributed by atoms with E-state index in [-0.39, 0.29) is 22.4 Å². The van der Waals surface area contributed by atoms with Crippen LogP contribution in [0.2, 0.25) is 0 Å². The highest BCUT2D eigenvalue weighted by molar-refractivity contribution is 6.04. The van der Waals surface area contributed by atoms with Crippen LogP contribution in [0.15, 0.2) is 41.3 Å². The van der Waals surface area contributed by atoms with E-state index in [1.165, 1.54) is 30.5 Å². The largest absolute Gasteiger partial charge is 0.507 e. The Morgan fingerprint density at radius 3 is 2.45 bits per heavy atom. The summed E-state index contributed by atoms with van der Waals surface area (Å²) in [4.78, 5) is 35.8. The van der Waals surface area contributed by atoms with Gasteiger partial charge < -0.3 is 20.5 Å². The van der Waals surface area contributed by atoms with E-state index in [9.17, 15) is 19.5 Å². The number of phenols is 1. The summed E-state index contributed by atoms with van der Waals surface area (Å²) in [5.74, 6) is -2.21. The second-order valence-electron chi connectivity index (χ2n) is 3.93. The second-order valence-corrected chi connectivity index (χ2v) is 3.93. The fourth-order valence-corrected chi connectivity index (χ4v) is 1.55. The summed E-state index contributed by atoms with van der Waals surface area (Å²) < 4.78 is 0. The zero-order chi connectivity index (χ0) is 14.7. The number of aromatic nitrogens is 1. The Bertz CT molecular complexity index is 715. The van der Waals surface area contributed by atoms with Crippen molar-refractivity contribution in [2.75, 3.05) is 5.32 Å². The lowest BCUT2D eigenvalue weighted by atomic mass is 10.1. The number of amides is 1. The van der Waals surface area contributed by atoms with E-state index >= 15 is 0 Å². The van der Waals surface area contributed by atoms with Gasteiger partial charge in [-0.3, -0.25) is 9.59 Å². The summed E-state index contributed by atoms with van der Waals surface area (Å²) in [6.45, 7) is 0. The van der Waals surface area contributed by atoms with Crippen LogP contribution in [0, 0.1) is 0 Å². The van der Waals surface area contributed by atoms with Gasteiger partial charge in [0.05, 0.1) is 5.56 Å². The molecule has 4 N–H and O–H groups in total. The minimum atomic E-state index is -1.26. The zero-order valence-corrected chi connectivity index (χ0v) is 10.1. The molecule has 1 aromatic heterocycles. The fraction of sp³-hybridized carbons (Fsp3) is 0. The summed E-state index contributed by atoms with van der Waals surface area (Å²) in [5, 5.41) is 20.7. The first-order valence-electron chi connectivity index (χ1n) is 5.54. The van der Waals surface area contributed by atoms with Crippen LogP contribution in [-0.2, 0) is 0 Å². The van der Waals surface area contributed by atoms with Crippen molar-refractivity contribution < 1.29 is 19.8 Å². The number of aromatic hydroxyl groups is 1. The van der Waals surface area contributed by atoms with Gasteiger partial charge in [-0.1, -0.05) is 0 Å². The van der Waals surface area contributed by atoms with E-state index in [1.807, 2.05) is 0 Å². The van der Waals surface area contributed by atoms with Crippen LogP contribution in [0.1, 0.15) is 20.7 Å². The number of hydrogen-bond donors (Lipinski definition) is 4. The van der Waals surface area contributed by atoms with Crippen LogP contribution in [0.4, 0.5) is 5.69 Å². The number of benzene rings is 1. The lowest BCUT2D eigenvalue weighted by Gasteiger charge is -2.06. The molecule has 0 bridgehead atoms. The SMILES string of the molecule is O=C(Nc1ccc(C(=O)O)c(O)c1)c1ccc(=O)[nH]c1. The van der Waals surface area contributed by atoms with E-state index in [4.69, 9.17) is 5.11 Å². The number of carboxylic acid groups (broad SMARTS) is 1. The van der Waals surface area contributed by atoms with E-state index in [1.54, 1.807) is 0 Å². The standard InChI is InChI=1S/C13H10N2O5/c16-10-5-8(2-3-9(10)13(19)20)15-12(18)7-1-4-11(17)14-6-7/h1-6,16H,(H,14,17)(H,15,18)(H,19,20). The third-order valence-electron chi connectivity index (χ3n) is 2.53. The summed E-state index contributed by atoms with van der Waals surface area (Å²) in [6, 6.07) is 6.22. The molecule has 2 rings (SSSR count). The molecule has 0 unspecified atom stereocenters. The van der Waals surface area contributed by atoms with Gasteiger partial charge in [-0.05, 0) is 18.2 Å². The number of aromatic carboxylic acids is 1. The van der Waals surface area contributed by atoms with Crippen molar-refractivity contribution in [1.82, 2.24) is 4.98 Å². The maximum absolute atomic E-state index is 11.8. The van der Waals surface area contributed by atoms with Crippen molar-refractivity contribution in [3.05, 3.63) is 58.0 Å². The smallest absolute Gasteiger partial charge is 0.339 e. The van der Waals surface area contributed by atoms with E-state index < -0.39 is 17.6 Å². The Kier molecular flexibility index (Phi) is 3.52. The highest BCUT2D eigenvalue weighted by atomic mass is 16.4.